The number of Topliss-reactive ketones (excluding diaryl/α,β-unsaturated/α-hetero) is 1. The minimum Gasteiger partial charge on any atom is -0.462 e. The molecule has 3 aliphatic carbocycles. The molecule has 0 aromatic rings. The molecule has 11 atom stereocenters. The zero-order chi connectivity index (χ0) is 22.2. The topological polar surface area (TPSA) is 99.1 Å². The molecule has 7 heteroatoms. The van der Waals surface area contributed by atoms with Gasteiger partial charge in [0, 0.05) is 37.2 Å². The summed E-state index contributed by atoms with van der Waals surface area (Å²) >= 11 is 0. The van der Waals surface area contributed by atoms with Crippen molar-refractivity contribution in [2.75, 3.05) is 7.11 Å². The van der Waals surface area contributed by atoms with Crippen molar-refractivity contribution in [2.45, 2.75) is 78.3 Å². The summed E-state index contributed by atoms with van der Waals surface area (Å²) in [4.78, 5) is 38.3. The molecule has 1 aliphatic heterocycles. The Morgan fingerprint density at radius 1 is 1.13 bits per heavy atom. The highest BCUT2D eigenvalue weighted by molar-refractivity contribution is 5.90. The minimum absolute atomic E-state index is 0.0582. The maximum atomic E-state index is 13.6. The van der Waals surface area contributed by atoms with Crippen LogP contribution in [0.3, 0.4) is 0 Å². The van der Waals surface area contributed by atoms with E-state index in [0.29, 0.717) is 12.8 Å². The molecule has 4 rings (SSSR count). The number of carbonyl (C=O) groups is 3. The first-order valence-corrected chi connectivity index (χ1v) is 11.1. The Bertz CT molecular complexity index is 765. The zero-order valence-corrected chi connectivity index (χ0v) is 18.7. The van der Waals surface area contributed by atoms with Gasteiger partial charge in [-0.05, 0) is 36.5 Å². The normalized spacial score (nSPS) is 52.7. The SMILES string of the molecule is CO[C@H]1[C@H](C)[C@H]2CC(=O)O[C@@H]3C[C@@H]4[C@@H](C)C[C@@H](O)C(=O)[C@]4(C)[C@@H]([C@@H]1OC(C)=O)[C@]23C. The third kappa shape index (κ3) is 2.67. The standard InChI is InChI=1S/C23H34O7/c1-10-7-15(25)21(27)23(5)13(10)8-16-22(4)14(9-17(26)30-16)11(2)18(28-6)19(20(22)23)29-12(3)24/h10-11,13-16,18-20,25H,7-9H2,1-6H3/t10-,11+,13+,14+,15+,16+,18-,19+,20-,22+,23-/m0/s1. The number of hydrogen-bond donors (Lipinski definition) is 1. The lowest BCUT2D eigenvalue weighted by atomic mass is 9.37. The Morgan fingerprint density at radius 2 is 1.80 bits per heavy atom. The number of rotatable bonds is 2. The van der Waals surface area contributed by atoms with Crippen molar-refractivity contribution in [3.63, 3.8) is 0 Å². The monoisotopic (exact) mass is 422 g/mol. The average Bonchev–Trinajstić information content (AvgIpc) is 2.64. The fraction of sp³-hybridized carbons (Fsp3) is 0.870. The molecule has 1 heterocycles. The van der Waals surface area contributed by atoms with E-state index >= 15 is 0 Å². The fourth-order valence-electron chi connectivity index (χ4n) is 8.04. The van der Waals surface area contributed by atoms with Crippen LogP contribution in [0.2, 0.25) is 0 Å². The summed E-state index contributed by atoms with van der Waals surface area (Å²) in [6.45, 7) is 9.45. The lowest BCUT2D eigenvalue weighted by Gasteiger charge is -2.69. The molecule has 30 heavy (non-hydrogen) atoms. The van der Waals surface area contributed by atoms with Gasteiger partial charge in [-0.2, -0.15) is 0 Å². The predicted molar refractivity (Wildman–Crippen MR) is 106 cm³/mol. The molecule has 3 saturated carbocycles. The highest BCUT2D eigenvalue weighted by atomic mass is 16.6. The van der Waals surface area contributed by atoms with Gasteiger partial charge in [0.2, 0.25) is 0 Å². The van der Waals surface area contributed by atoms with Crippen LogP contribution in [0.25, 0.3) is 0 Å². The number of ether oxygens (including phenoxy) is 3. The minimum atomic E-state index is -1.04. The summed E-state index contributed by atoms with van der Waals surface area (Å²) in [5, 5.41) is 10.6. The van der Waals surface area contributed by atoms with Crippen LogP contribution in [-0.2, 0) is 28.6 Å². The number of methoxy groups -OCH3 is 1. The molecule has 0 radical (unpaired) electrons. The van der Waals surface area contributed by atoms with Crippen LogP contribution < -0.4 is 0 Å². The van der Waals surface area contributed by atoms with E-state index in [9.17, 15) is 19.5 Å². The maximum absolute atomic E-state index is 13.6. The summed E-state index contributed by atoms with van der Waals surface area (Å²) in [5.74, 6) is -1.37. The van der Waals surface area contributed by atoms with Crippen molar-refractivity contribution in [1.82, 2.24) is 0 Å². The quantitative estimate of drug-likeness (QED) is 0.681. The van der Waals surface area contributed by atoms with Crippen LogP contribution in [-0.4, -0.2) is 54.4 Å². The van der Waals surface area contributed by atoms with Crippen LogP contribution in [0.1, 0.15) is 53.9 Å². The Labute approximate surface area is 177 Å². The largest absolute Gasteiger partial charge is 0.462 e. The molecule has 0 unspecified atom stereocenters. The Hall–Kier alpha value is -1.47. The van der Waals surface area contributed by atoms with E-state index in [1.165, 1.54) is 6.92 Å². The Balaban J connectivity index is 1.95. The average molecular weight is 423 g/mol. The number of ketones is 1. The van der Waals surface area contributed by atoms with Crippen molar-refractivity contribution < 1.29 is 33.7 Å². The number of esters is 2. The van der Waals surface area contributed by atoms with Crippen LogP contribution in [0.4, 0.5) is 0 Å². The van der Waals surface area contributed by atoms with Crippen molar-refractivity contribution in [1.29, 1.82) is 0 Å². The third-order valence-electron chi connectivity index (χ3n) is 9.20. The van der Waals surface area contributed by atoms with Gasteiger partial charge in [0.05, 0.1) is 6.10 Å². The van der Waals surface area contributed by atoms with Crippen LogP contribution in [0, 0.1) is 40.4 Å². The van der Waals surface area contributed by atoms with Gasteiger partial charge < -0.3 is 19.3 Å². The highest BCUT2D eigenvalue weighted by Gasteiger charge is 2.74. The Morgan fingerprint density at radius 3 is 2.40 bits per heavy atom. The molecule has 1 N–H and O–H groups in total. The molecule has 0 bridgehead atoms. The number of aliphatic hydroxyl groups excluding tert-OH is 1. The van der Waals surface area contributed by atoms with E-state index in [2.05, 4.69) is 6.92 Å². The number of aliphatic hydroxyl groups is 1. The molecular weight excluding hydrogens is 388 g/mol. The number of hydrogen-bond acceptors (Lipinski definition) is 7. The molecule has 168 valence electrons. The van der Waals surface area contributed by atoms with E-state index in [0.717, 1.165) is 0 Å². The second-order valence-electron chi connectivity index (χ2n) is 10.5. The van der Waals surface area contributed by atoms with Gasteiger partial charge >= 0.3 is 11.9 Å². The summed E-state index contributed by atoms with van der Waals surface area (Å²) in [6, 6.07) is 0. The lowest BCUT2D eigenvalue weighted by molar-refractivity contribution is -0.288. The molecule has 0 aromatic carbocycles. The van der Waals surface area contributed by atoms with E-state index < -0.39 is 41.0 Å². The smallest absolute Gasteiger partial charge is 0.306 e. The zero-order valence-electron chi connectivity index (χ0n) is 18.7. The highest BCUT2D eigenvalue weighted by Crippen LogP contribution is 2.68. The first-order valence-electron chi connectivity index (χ1n) is 11.1. The van der Waals surface area contributed by atoms with Crippen molar-refractivity contribution in [3.8, 4) is 0 Å². The number of fused-ring (bicyclic) bond motifs is 2. The van der Waals surface area contributed by atoms with Gasteiger partial charge in [0.1, 0.15) is 18.3 Å². The van der Waals surface area contributed by atoms with Crippen molar-refractivity contribution in [3.05, 3.63) is 0 Å². The summed E-state index contributed by atoms with van der Waals surface area (Å²) in [5.41, 5.74) is -1.46. The van der Waals surface area contributed by atoms with Gasteiger partial charge in [-0.15, -0.1) is 0 Å². The molecular formula is C23H34O7. The third-order valence-corrected chi connectivity index (χ3v) is 9.20. The van der Waals surface area contributed by atoms with Gasteiger partial charge in [-0.1, -0.05) is 27.7 Å². The van der Waals surface area contributed by atoms with Gasteiger partial charge in [0.25, 0.3) is 0 Å². The molecule has 4 aliphatic rings. The van der Waals surface area contributed by atoms with Gasteiger partial charge in [0.15, 0.2) is 5.78 Å². The maximum Gasteiger partial charge on any atom is 0.306 e. The van der Waals surface area contributed by atoms with Gasteiger partial charge in [-0.3, -0.25) is 14.4 Å². The van der Waals surface area contributed by atoms with Crippen molar-refractivity contribution in [2.24, 2.45) is 40.4 Å². The first kappa shape index (κ1) is 21.8. The molecule has 0 spiro atoms. The van der Waals surface area contributed by atoms with E-state index in [-0.39, 0.29) is 47.9 Å². The molecule has 0 amide bonds. The van der Waals surface area contributed by atoms with Crippen LogP contribution in [0.15, 0.2) is 0 Å². The molecule has 7 nitrogen and oxygen atoms in total. The van der Waals surface area contributed by atoms with E-state index in [1.54, 1.807) is 7.11 Å². The lowest BCUT2D eigenvalue weighted by Crippen LogP contribution is -2.75. The molecule has 4 fully saturated rings. The van der Waals surface area contributed by atoms with Crippen LogP contribution in [0.5, 0.6) is 0 Å². The van der Waals surface area contributed by atoms with E-state index in [4.69, 9.17) is 14.2 Å². The van der Waals surface area contributed by atoms with Crippen molar-refractivity contribution >= 4 is 17.7 Å². The molecule has 1 saturated heterocycles. The summed E-state index contributed by atoms with van der Waals surface area (Å²) < 4.78 is 17.6. The van der Waals surface area contributed by atoms with Gasteiger partial charge in [-0.25, -0.2) is 0 Å². The fourth-order valence-corrected chi connectivity index (χ4v) is 8.04. The summed E-state index contributed by atoms with van der Waals surface area (Å²) in [7, 11) is 1.59. The Kier molecular flexibility index (Phi) is 5.09. The second kappa shape index (κ2) is 7.02. The molecule has 0 aromatic heterocycles. The van der Waals surface area contributed by atoms with E-state index in [1.807, 2.05) is 20.8 Å². The number of carbonyl (C=O) groups excluding carboxylic acids is 3. The van der Waals surface area contributed by atoms with Crippen LogP contribution >= 0.6 is 0 Å². The first-order chi connectivity index (χ1) is 14.0. The predicted octanol–water partition coefficient (Wildman–Crippen LogP) is 2.13. The summed E-state index contributed by atoms with van der Waals surface area (Å²) in [6.07, 6.45) is -1.25. The second-order valence-corrected chi connectivity index (χ2v) is 10.5.